The Hall–Kier alpha value is -2.66. The molecule has 0 saturated carbocycles. The van der Waals surface area contributed by atoms with E-state index in [2.05, 4.69) is 15.5 Å². The van der Waals surface area contributed by atoms with E-state index in [0.717, 1.165) is 29.1 Å². The Labute approximate surface area is 179 Å². The minimum absolute atomic E-state index is 0.258. The molecule has 29 heavy (non-hydrogen) atoms. The van der Waals surface area contributed by atoms with Gasteiger partial charge in [-0.1, -0.05) is 65.7 Å². The second-order valence-corrected chi connectivity index (χ2v) is 7.50. The quantitative estimate of drug-likeness (QED) is 0.398. The molecule has 1 N–H and O–H groups in total. The molecule has 4 rings (SSSR count). The Morgan fingerprint density at radius 3 is 2.38 bits per heavy atom. The Morgan fingerprint density at radius 2 is 1.62 bits per heavy atom. The summed E-state index contributed by atoms with van der Waals surface area (Å²) in [5.74, 6) is 0.995. The number of benzene rings is 3. The van der Waals surface area contributed by atoms with Gasteiger partial charge in [0, 0.05) is 22.2 Å². The van der Waals surface area contributed by atoms with Gasteiger partial charge < -0.3 is 9.73 Å². The summed E-state index contributed by atoms with van der Waals surface area (Å²) in [7, 11) is 0. The van der Waals surface area contributed by atoms with Crippen molar-refractivity contribution in [1.29, 1.82) is 0 Å². The molecule has 0 radical (unpaired) electrons. The van der Waals surface area contributed by atoms with E-state index in [1.807, 2.05) is 78.9 Å². The van der Waals surface area contributed by atoms with Crippen molar-refractivity contribution in [2.24, 2.45) is 0 Å². The highest BCUT2D eigenvalue weighted by atomic mass is 35.5. The standard InChI is InChI=1S/C23H19Cl2N3O/c24-19-11-9-16(10-12-19)13-14-26-21(18-7-4-8-20(25)15-18)23-28-27-22(29-23)17-5-2-1-3-6-17/h1-12,15,21,26H,13-14H2. The third-order valence-corrected chi connectivity index (χ3v) is 5.05. The second-order valence-electron chi connectivity index (χ2n) is 6.63. The van der Waals surface area contributed by atoms with Crippen molar-refractivity contribution in [2.45, 2.75) is 12.5 Å². The number of hydrogen-bond donors (Lipinski definition) is 1. The molecule has 0 aliphatic heterocycles. The lowest BCUT2D eigenvalue weighted by atomic mass is 10.1. The molecule has 146 valence electrons. The molecule has 0 spiro atoms. The van der Waals surface area contributed by atoms with Crippen molar-refractivity contribution in [1.82, 2.24) is 15.5 Å². The summed E-state index contributed by atoms with van der Waals surface area (Å²) >= 11 is 12.2. The average Bonchev–Trinajstić information content (AvgIpc) is 3.23. The fourth-order valence-corrected chi connectivity index (χ4v) is 3.42. The van der Waals surface area contributed by atoms with Gasteiger partial charge in [0.25, 0.3) is 0 Å². The van der Waals surface area contributed by atoms with Gasteiger partial charge in [-0.05, 0) is 53.9 Å². The first-order chi connectivity index (χ1) is 14.2. The second kappa shape index (κ2) is 9.23. The minimum Gasteiger partial charge on any atom is -0.419 e. The first-order valence-electron chi connectivity index (χ1n) is 9.31. The molecular formula is C23H19Cl2N3O. The maximum atomic E-state index is 6.22. The van der Waals surface area contributed by atoms with Crippen molar-refractivity contribution in [3.05, 3.63) is 106 Å². The number of rotatable bonds is 7. The highest BCUT2D eigenvalue weighted by Crippen LogP contribution is 2.26. The lowest BCUT2D eigenvalue weighted by molar-refractivity contribution is 0.440. The lowest BCUT2D eigenvalue weighted by Gasteiger charge is -2.16. The molecule has 1 unspecified atom stereocenters. The Morgan fingerprint density at radius 1 is 0.828 bits per heavy atom. The van der Waals surface area contributed by atoms with E-state index in [9.17, 15) is 0 Å². The molecule has 6 heteroatoms. The van der Waals surface area contributed by atoms with Gasteiger partial charge in [0.15, 0.2) is 0 Å². The summed E-state index contributed by atoms with van der Waals surface area (Å²) in [6, 6.07) is 25.0. The molecule has 0 fully saturated rings. The number of hydrogen-bond acceptors (Lipinski definition) is 4. The molecular weight excluding hydrogens is 405 g/mol. The van der Waals surface area contributed by atoms with Gasteiger partial charge in [0.2, 0.25) is 11.8 Å². The zero-order valence-corrected chi connectivity index (χ0v) is 17.1. The fraction of sp³-hybridized carbons (Fsp3) is 0.130. The molecule has 0 amide bonds. The van der Waals surface area contributed by atoms with E-state index in [-0.39, 0.29) is 6.04 Å². The summed E-state index contributed by atoms with van der Waals surface area (Å²) in [6.45, 7) is 0.724. The van der Waals surface area contributed by atoms with Crippen LogP contribution in [-0.4, -0.2) is 16.7 Å². The summed E-state index contributed by atoms with van der Waals surface area (Å²) in [4.78, 5) is 0. The highest BCUT2D eigenvalue weighted by Gasteiger charge is 2.21. The van der Waals surface area contributed by atoms with Crippen molar-refractivity contribution in [3.63, 3.8) is 0 Å². The van der Waals surface area contributed by atoms with Gasteiger partial charge in [-0.3, -0.25) is 0 Å². The normalized spacial score (nSPS) is 12.1. The Balaban J connectivity index is 1.55. The van der Waals surface area contributed by atoms with E-state index in [1.165, 1.54) is 5.56 Å². The van der Waals surface area contributed by atoms with E-state index in [4.69, 9.17) is 27.6 Å². The Bertz CT molecular complexity index is 1060. The van der Waals surface area contributed by atoms with Crippen LogP contribution in [0, 0.1) is 0 Å². The Kier molecular flexibility index (Phi) is 6.25. The smallest absolute Gasteiger partial charge is 0.247 e. The van der Waals surface area contributed by atoms with E-state index in [1.54, 1.807) is 0 Å². The SMILES string of the molecule is Clc1ccc(CCNC(c2cccc(Cl)c2)c2nnc(-c3ccccc3)o2)cc1. The van der Waals surface area contributed by atoms with Crippen LogP contribution in [0.25, 0.3) is 11.5 Å². The third-order valence-electron chi connectivity index (χ3n) is 4.57. The van der Waals surface area contributed by atoms with Crippen LogP contribution < -0.4 is 5.32 Å². The molecule has 4 nitrogen and oxygen atoms in total. The number of nitrogens with one attached hydrogen (secondary N) is 1. The van der Waals surface area contributed by atoms with E-state index >= 15 is 0 Å². The van der Waals surface area contributed by atoms with E-state index < -0.39 is 0 Å². The molecule has 0 aliphatic rings. The van der Waals surface area contributed by atoms with Crippen LogP contribution in [0.1, 0.15) is 23.1 Å². The monoisotopic (exact) mass is 423 g/mol. The molecule has 1 heterocycles. The van der Waals surface area contributed by atoms with E-state index in [0.29, 0.717) is 16.8 Å². The van der Waals surface area contributed by atoms with Gasteiger partial charge in [0.1, 0.15) is 6.04 Å². The lowest BCUT2D eigenvalue weighted by Crippen LogP contribution is -2.25. The topological polar surface area (TPSA) is 51.0 Å². The van der Waals surface area contributed by atoms with Crippen molar-refractivity contribution in [3.8, 4) is 11.5 Å². The highest BCUT2D eigenvalue weighted by molar-refractivity contribution is 6.30. The van der Waals surface area contributed by atoms with Gasteiger partial charge in [0.05, 0.1) is 0 Å². The maximum absolute atomic E-state index is 6.22. The van der Waals surface area contributed by atoms with Crippen LogP contribution in [0.5, 0.6) is 0 Å². The molecule has 0 aliphatic carbocycles. The van der Waals surface area contributed by atoms with Gasteiger partial charge in [-0.2, -0.15) is 0 Å². The first kappa shape index (κ1) is 19.6. The minimum atomic E-state index is -0.258. The van der Waals surface area contributed by atoms with Crippen LogP contribution in [0.4, 0.5) is 0 Å². The van der Waals surface area contributed by atoms with Gasteiger partial charge >= 0.3 is 0 Å². The van der Waals surface area contributed by atoms with Crippen LogP contribution >= 0.6 is 23.2 Å². The largest absolute Gasteiger partial charge is 0.419 e. The predicted molar refractivity (Wildman–Crippen MR) is 116 cm³/mol. The number of halogens is 2. The van der Waals surface area contributed by atoms with Crippen LogP contribution in [0.2, 0.25) is 10.0 Å². The summed E-state index contributed by atoms with van der Waals surface area (Å²) in [5.41, 5.74) is 3.05. The summed E-state index contributed by atoms with van der Waals surface area (Å²) in [6.07, 6.45) is 0.841. The molecule has 1 aromatic heterocycles. The molecule has 0 bridgehead atoms. The van der Waals surface area contributed by atoms with Crippen molar-refractivity contribution in [2.75, 3.05) is 6.54 Å². The molecule has 0 saturated heterocycles. The van der Waals surface area contributed by atoms with Crippen LogP contribution in [0.3, 0.4) is 0 Å². The zero-order chi connectivity index (χ0) is 20.1. The fourth-order valence-electron chi connectivity index (χ4n) is 3.09. The van der Waals surface area contributed by atoms with Gasteiger partial charge in [-0.25, -0.2) is 0 Å². The first-order valence-corrected chi connectivity index (χ1v) is 10.1. The molecule has 3 aromatic carbocycles. The predicted octanol–water partition coefficient (Wildman–Crippen LogP) is 5.97. The number of aromatic nitrogens is 2. The number of nitrogens with zero attached hydrogens (tertiary/aromatic N) is 2. The average molecular weight is 424 g/mol. The molecule has 1 atom stereocenters. The van der Waals surface area contributed by atoms with Crippen molar-refractivity contribution < 1.29 is 4.42 Å². The van der Waals surface area contributed by atoms with Crippen LogP contribution in [-0.2, 0) is 6.42 Å². The third kappa shape index (κ3) is 5.04. The molecule has 4 aromatic rings. The maximum Gasteiger partial charge on any atom is 0.247 e. The summed E-state index contributed by atoms with van der Waals surface area (Å²) in [5, 5.41) is 13.4. The summed E-state index contributed by atoms with van der Waals surface area (Å²) < 4.78 is 6.00. The van der Waals surface area contributed by atoms with Gasteiger partial charge in [-0.15, -0.1) is 10.2 Å². The zero-order valence-electron chi connectivity index (χ0n) is 15.6. The van der Waals surface area contributed by atoms with Crippen LogP contribution in [0.15, 0.2) is 83.3 Å². The van der Waals surface area contributed by atoms with Crippen molar-refractivity contribution >= 4 is 23.2 Å².